The van der Waals surface area contributed by atoms with Crippen molar-refractivity contribution in [2.24, 2.45) is 0 Å². The zero-order chi connectivity index (χ0) is 14.8. The molecule has 0 spiro atoms. The van der Waals surface area contributed by atoms with E-state index in [1.165, 1.54) is 16.8 Å². The van der Waals surface area contributed by atoms with Gasteiger partial charge in [0.2, 0.25) is 0 Å². The molecule has 0 bridgehead atoms. The van der Waals surface area contributed by atoms with Crippen molar-refractivity contribution < 1.29 is 5.11 Å². The van der Waals surface area contributed by atoms with Crippen LogP contribution in [0.5, 0.6) is 0 Å². The van der Waals surface area contributed by atoms with Crippen LogP contribution in [0.3, 0.4) is 0 Å². The van der Waals surface area contributed by atoms with Gasteiger partial charge in [-0.15, -0.1) is 0 Å². The van der Waals surface area contributed by atoms with Gasteiger partial charge in [-0.3, -0.25) is 0 Å². The van der Waals surface area contributed by atoms with Crippen LogP contribution in [0.2, 0.25) is 0 Å². The third-order valence-electron chi connectivity index (χ3n) is 4.33. The first-order valence-electron chi connectivity index (χ1n) is 7.84. The second-order valence-corrected chi connectivity index (χ2v) is 5.87. The van der Waals surface area contributed by atoms with E-state index in [0.717, 1.165) is 37.1 Å². The van der Waals surface area contributed by atoms with Gasteiger partial charge in [-0.1, -0.05) is 42.8 Å². The molecule has 0 radical (unpaired) electrons. The van der Waals surface area contributed by atoms with Gasteiger partial charge in [0.05, 0.1) is 6.10 Å². The first-order chi connectivity index (χ1) is 10.2. The van der Waals surface area contributed by atoms with Gasteiger partial charge < -0.3 is 10.0 Å². The highest BCUT2D eigenvalue weighted by atomic mass is 16.3. The summed E-state index contributed by atoms with van der Waals surface area (Å²) in [5, 5.41) is 10.3. The Balaban J connectivity index is 2.07. The van der Waals surface area contributed by atoms with Crippen molar-refractivity contribution in [3.63, 3.8) is 0 Å². The molecule has 110 valence electrons. The number of aliphatic hydroxyl groups excluding tert-OH is 1. The molecule has 1 heterocycles. The van der Waals surface area contributed by atoms with Gasteiger partial charge in [-0.25, -0.2) is 0 Å². The maximum Gasteiger partial charge on any atom is 0.0807 e. The molecule has 3 rings (SSSR count). The molecule has 0 saturated carbocycles. The summed E-state index contributed by atoms with van der Waals surface area (Å²) in [5.41, 5.74) is 6.22. The summed E-state index contributed by atoms with van der Waals surface area (Å²) in [6, 6.07) is 14.9. The van der Waals surface area contributed by atoms with Crippen molar-refractivity contribution in [3.8, 4) is 0 Å². The van der Waals surface area contributed by atoms with Crippen LogP contribution < -0.4 is 4.90 Å². The van der Waals surface area contributed by atoms with Crippen molar-refractivity contribution >= 4 is 11.4 Å². The third-order valence-corrected chi connectivity index (χ3v) is 4.33. The molecule has 1 aliphatic rings. The number of nitrogens with zero attached hydrogens (tertiary/aromatic N) is 1. The van der Waals surface area contributed by atoms with Crippen LogP contribution in [0.25, 0.3) is 0 Å². The first kappa shape index (κ1) is 14.2. The molecule has 0 fully saturated rings. The van der Waals surface area contributed by atoms with E-state index in [9.17, 15) is 5.11 Å². The molecule has 0 aromatic heterocycles. The van der Waals surface area contributed by atoms with Crippen LogP contribution in [0.4, 0.5) is 11.4 Å². The quantitative estimate of drug-likeness (QED) is 0.894. The predicted molar refractivity (Wildman–Crippen MR) is 88.2 cm³/mol. The predicted octanol–water partition coefficient (Wildman–Crippen LogP) is 4.52. The lowest BCUT2D eigenvalue weighted by Crippen LogP contribution is -2.26. The molecule has 21 heavy (non-hydrogen) atoms. The van der Waals surface area contributed by atoms with Crippen LogP contribution in [-0.2, 0) is 6.42 Å². The smallest absolute Gasteiger partial charge is 0.0807 e. The molecular weight excluding hydrogens is 258 g/mol. The standard InChI is InChI=1S/C19H23NO/c1-3-19(21)16-8-4-5-9-18(16)20-12-6-7-15-13-14(2)10-11-17(15)20/h4-5,8-11,13,19,21H,3,6-7,12H2,1-2H3. The Labute approximate surface area is 127 Å². The van der Waals surface area contributed by atoms with Crippen LogP contribution in [0, 0.1) is 6.92 Å². The van der Waals surface area contributed by atoms with Crippen LogP contribution >= 0.6 is 0 Å². The fourth-order valence-corrected chi connectivity index (χ4v) is 3.21. The van der Waals surface area contributed by atoms with Crippen molar-refractivity contribution in [1.29, 1.82) is 0 Å². The zero-order valence-electron chi connectivity index (χ0n) is 12.8. The fraction of sp³-hybridized carbons (Fsp3) is 0.368. The van der Waals surface area contributed by atoms with E-state index >= 15 is 0 Å². The number of aliphatic hydroxyl groups is 1. The van der Waals surface area contributed by atoms with E-state index in [2.05, 4.69) is 42.2 Å². The lowest BCUT2D eigenvalue weighted by atomic mass is 9.97. The molecule has 2 nitrogen and oxygen atoms in total. The number of benzene rings is 2. The molecule has 1 aliphatic heterocycles. The van der Waals surface area contributed by atoms with Crippen LogP contribution in [0.1, 0.15) is 42.6 Å². The summed E-state index contributed by atoms with van der Waals surface area (Å²) in [5.74, 6) is 0. The zero-order valence-corrected chi connectivity index (χ0v) is 12.8. The van der Waals surface area contributed by atoms with E-state index in [4.69, 9.17) is 0 Å². The summed E-state index contributed by atoms with van der Waals surface area (Å²) in [7, 11) is 0. The Bertz CT molecular complexity index is 635. The summed E-state index contributed by atoms with van der Waals surface area (Å²) in [4.78, 5) is 2.37. The molecule has 1 atom stereocenters. The number of anilines is 2. The van der Waals surface area contributed by atoms with Gasteiger partial charge in [-0.2, -0.15) is 0 Å². The lowest BCUT2D eigenvalue weighted by molar-refractivity contribution is 0.174. The topological polar surface area (TPSA) is 23.5 Å². The van der Waals surface area contributed by atoms with Crippen molar-refractivity contribution in [3.05, 3.63) is 59.2 Å². The maximum absolute atomic E-state index is 10.3. The minimum Gasteiger partial charge on any atom is -0.388 e. The average Bonchev–Trinajstić information content (AvgIpc) is 2.53. The van der Waals surface area contributed by atoms with Gasteiger partial charge in [0.1, 0.15) is 0 Å². The largest absolute Gasteiger partial charge is 0.388 e. The van der Waals surface area contributed by atoms with Gasteiger partial charge in [0.15, 0.2) is 0 Å². The molecule has 0 amide bonds. The van der Waals surface area contributed by atoms with Crippen LogP contribution in [0.15, 0.2) is 42.5 Å². The summed E-state index contributed by atoms with van der Waals surface area (Å²) in [6.45, 7) is 5.19. The summed E-state index contributed by atoms with van der Waals surface area (Å²) >= 11 is 0. The van der Waals surface area contributed by atoms with Crippen molar-refractivity contribution in [2.45, 2.75) is 39.2 Å². The molecule has 2 aromatic carbocycles. The SMILES string of the molecule is CCC(O)c1ccccc1N1CCCc2cc(C)ccc21. The van der Waals surface area contributed by atoms with Gasteiger partial charge in [-0.05, 0) is 43.9 Å². The minimum absolute atomic E-state index is 0.392. The maximum atomic E-state index is 10.3. The van der Waals surface area contributed by atoms with Crippen molar-refractivity contribution in [1.82, 2.24) is 0 Å². The monoisotopic (exact) mass is 281 g/mol. The Morgan fingerprint density at radius 3 is 2.76 bits per heavy atom. The van der Waals surface area contributed by atoms with Crippen LogP contribution in [-0.4, -0.2) is 11.7 Å². The van der Waals surface area contributed by atoms with Gasteiger partial charge in [0.25, 0.3) is 0 Å². The lowest BCUT2D eigenvalue weighted by Gasteiger charge is -2.33. The molecule has 2 aromatic rings. The van der Waals surface area contributed by atoms with E-state index in [1.54, 1.807) is 0 Å². The Morgan fingerprint density at radius 1 is 1.14 bits per heavy atom. The van der Waals surface area contributed by atoms with Gasteiger partial charge in [0, 0.05) is 23.5 Å². The van der Waals surface area contributed by atoms with Gasteiger partial charge >= 0.3 is 0 Å². The molecule has 0 aliphatic carbocycles. The summed E-state index contributed by atoms with van der Waals surface area (Å²) in [6.07, 6.45) is 2.65. The Morgan fingerprint density at radius 2 is 1.95 bits per heavy atom. The van der Waals surface area contributed by atoms with E-state index < -0.39 is 6.10 Å². The second-order valence-electron chi connectivity index (χ2n) is 5.87. The highest BCUT2D eigenvalue weighted by molar-refractivity contribution is 5.71. The fourth-order valence-electron chi connectivity index (χ4n) is 3.21. The molecule has 0 saturated heterocycles. The molecule has 2 heteroatoms. The number of hydrogen-bond acceptors (Lipinski definition) is 2. The summed E-state index contributed by atoms with van der Waals surface area (Å²) < 4.78 is 0. The second kappa shape index (κ2) is 5.90. The molecular formula is C19H23NO. The highest BCUT2D eigenvalue weighted by Crippen LogP contribution is 2.37. The molecule has 1 unspecified atom stereocenters. The Kier molecular flexibility index (Phi) is 3.98. The molecule has 1 N–H and O–H groups in total. The Hall–Kier alpha value is -1.80. The first-order valence-corrected chi connectivity index (χ1v) is 7.84. The van der Waals surface area contributed by atoms with E-state index in [1.807, 2.05) is 19.1 Å². The number of aryl methyl sites for hydroxylation is 2. The average molecular weight is 281 g/mol. The normalized spacial score (nSPS) is 15.7. The van der Waals surface area contributed by atoms with Crippen molar-refractivity contribution in [2.75, 3.05) is 11.4 Å². The van der Waals surface area contributed by atoms with E-state index in [0.29, 0.717) is 0 Å². The third kappa shape index (κ3) is 2.68. The number of hydrogen-bond donors (Lipinski definition) is 1. The van der Waals surface area contributed by atoms with E-state index in [-0.39, 0.29) is 0 Å². The number of para-hydroxylation sites is 1. The number of fused-ring (bicyclic) bond motifs is 1. The number of rotatable bonds is 3. The minimum atomic E-state index is -0.392. The highest BCUT2D eigenvalue weighted by Gasteiger charge is 2.21.